The lowest BCUT2D eigenvalue weighted by molar-refractivity contribution is 0.0934. The lowest BCUT2D eigenvalue weighted by Crippen LogP contribution is -2.32. The van der Waals surface area contributed by atoms with Gasteiger partial charge in [0.05, 0.1) is 6.54 Å². The van der Waals surface area contributed by atoms with E-state index in [1.807, 2.05) is 36.9 Å². The number of nitrogens with one attached hydrogen (secondary N) is 1. The van der Waals surface area contributed by atoms with Crippen LogP contribution in [0.5, 0.6) is 11.5 Å². The molecule has 1 aromatic heterocycles. The predicted molar refractivity (Wildman–Crippen MR) is 116 cm³/mol. The average molecular weight is 457 g/mol. The smallest absolute Gasteiger partial charge is 0.273 e. The van der Waals surface area contributed by atoms with E-state index in [2.05, 4.69) is 10.3 Å². The van der Waals surface area contributed by atoms with Crippen molar-refractivity contribution in [1.29, 1.82) is 0 Å². The number of amides is 1. The molecule has 1 unspecified atom stereocenters. The topological polar surface area (TPSA) is 76.8 Å². The van der Waals surface area contributed by atoms with E-state index in [1.165, 1.54) is 18.4 Å². The first-order chi connectivity index (χ1) is 15.9. The van der Waals surface area contributed by atoms with Crippen LogP contribution in [0, 0.1) is 11.6 Å². The summed E-state index contributed by atoms with van der Waals surface area (Å²) in [7, 11) is 0. The number of rotatable bonds is 9. The van der Waals surface area contributed by atoms with Crippen LogP contribution in [0.1, 0.15) is 47.8 Å². The minimum absolute atomic E-state index is 0.0154. The number of hydrogen-bond donors (Lipinski definition) is 1. The third-order valence-electron chi connectivity index (χ3n) is 5.39. The number of benzene rings is 2. The molecule has 4 rings (SSSR count). The van der Waals surface area contributed by atoms with E-state index >= 15 is 0 Å². The van der Waals surface area contributed by atoms with Crippen LogP contribution in [0.15, 0.2) is 47.1 Å². The quantitative estimate of drug-likeness (QED) is 0.513. The Labute approximate surface area is 190 Å². The fourth-order valence-electron chi connectivity index (χ4n) is 3.43. The summed E-state index contributed by atoms with van der Waals surface area (Å²) in [5.74, 6) is 0.0360. The molecule has 3 aromatic rings. The maximum atomic E-state index is 14.3. The summed E-state index contributed by atoms with van der Waals surface area (Å²) >= 11 is 0. The molecule has 0 bridgehead atoms. The SMILES string of the molecule is CCC(C)NC(=O)c1coc(CN(Cc2ccc3c(c2)OCO3)Cc2ccc(F)cc2F)n1. The van der Waals surface area contributed by atoms with Crippen LogP contribution >= 0.6 is 0 Å². The van der Waals surface area contributed by atoms with Crippen LogP contribution in [-0.2, 0) is 19.6 Å². The standard InChI is InChI=1S/C24H25F2N3O4/c1-3-15(2)27-24(30)20-13-31-23(28-20)12-29(11-17-5-6-18(25)9-19(17)26)10-16-4-7-21-22(8-16)33-14-32-21/h4-9,13,15H,3,10-12,14H2,1-2H3,(H,27,30). The molecule has 1 amide bonds. The fraction of sp³-hybridized carbons (Fsp3) is 0.333. The van der Waals surface area contributed by atoms with Crippen molar-refractivity contribution in [2.24, 2.45) is 0 Å². The Balaban J connectivity index is 1.53. The predicted octanol–water partition coefficient (Wildman–Crippen LogP) is 4.41. The van der Waals surface area contributed by atoms with E-state index in [0.29, 0.717) is 29.5 Å². The molecule has 1 atom stereocenters. The van der Waals surface area contributed by atoms with Crippen LogP contribution in [0.25, 0.3) is 0 Å². The van der Waals surface area contributed by atoms with Crippen molar-refractivity contribution in [2.45, 2.75) is 45.9 Å². The first-order valence-corrected chi connectivity index (χ1v) is 10.7. The number of carbonyl (C=O) groups excluding carboxylic acids is 1. The molecule has 0 radical (unpaired) electrons. The summed E-state index contributed by atoms with van der Waals surface area (Å²) in [5, 5.41) is 2.84. The van der Waals surface area contributed by atoms with Gasteiger partial charge in [0.1, 0.15) is 17.9 Å². The van der Waals surface area contributed by atoms with Gasteiger partial charge in [-0.1, -0.05) is 19.1 Å². The molecule has 1 aliphatic heterocycles. The van der Waals surface area contributed by atoms with Gasteiger partial charge in [0, 0.05) is 30.8 Å². The summed E-state index contributed by atoms with van der Waals surface area (Å²) in [4.78, 5) is 18.5. The third kappa shape index (κ3) is 5.67. The molecule has 1 aliphatic rings. The third-order valence-corrected chi connectivity index (χ3v) is 5.39. The van der Waals surface area contributed by atoms with E-state index in [9.17, 15) is 13.6 Å². The fourth-order valence-corrected chi connectivity index (χ4v) is 3.43. The Hall–Kier alpha value is -3.46. The normalized spacial score (nSPS) is 13.4. The Kier molecular flexibility index (Phi) is 6.88. The highest BCUT2D eigenvalue weighted by molar-refractivity contribution is 5.92. The zero-order valence-corrected chi connectivity index (χ0v) is 18.4. The van der Waals surface area contributed by atoms with E-state index in [1.54, 1.807) is 0 Å². The van der Waals surface area contributed by atoms with Gasteiger partial charge in [-0.2, -0.15) is 0 Å². The van der Waals surface area contributed by atoms with Gasteiger partial charge in [0.25, 0.3) is 5.91 Å². The van der Waals surface area contributed by atoms with Crippen molar-refractivity contribution in [3.63, 3.8) is 0 Å². The first kappa shape index (κ1) is 22.7. The van der Waals surface area contributed by atoms with Gasteiger partial charge in [0.2, 0.25) is 12.7 Å². The van der Waals surface area contributed by atoms with Gasteiger partial charge in [0.15, 0.2) is 17.2 Å². The van der Waals surface area contributed by atoms with Crippen LogP contribution in [0.4, 0.5) is 8.78 Å². The number of hydrogen-bond acceptors (Lipinski definition) is 6. The number of oxazole rings is 1. The van der Waals surface area contributed by atoms with Crippen LogP contribution in [0.3, 0.4) is 0 Å². The maximum absolute atomic E-state index is 14.3. The molecule has 0 spiro atoms. The Morgan fingerprint density at radius 1 is 1.12 bits per heavy atom. The summed E-state index contributed by atoms with van der Waals surface area (Å²) in [5.41, 5.74) is 1.42. The van der Waals surface area contributed by atoms with Gasteiger partial charge in [-0.15, -0.1) is 0 Å². The van der Waals surface area contributed by atoms with Gasteiger partial charge in [-0.25, -0.2) is 13.8 Å². The second-order valence-electron chi connectivity index (χ2n) is 7.98. The minimum Gasteiger partial charge on any atom is -0.454 e. The van der Waals surface area contributed by atoms with Crippen LogP contribution < -0.4 is 14.8 Å². The van der Waals surface area contributed by atoms with E-state index < -0.39 is 11.6 Å². The Morgan fingerprint density at radius 3 is 2.73 bits per heavy atom. The number of ether oxygens (including phenoxy) is 2. The maximum Gasteiger partial charge on any atom is 0.273 e. The van der Waals surface area contributed by atoms with Crippen molar-refractivity contribution in [3.8, 4) is 11.5 Å². The van der Waals surface area contributed by atoms with E-state index in [0.717, 1.165) is 18.1 Å². The lowest BCUT2D eigenvalue weighted by atomic mass is 10.1. The zero-order chi connectivity index (χ0) is 23.4. The lowest BCUT2D eigenvalue weighted by Gasteiger charge is -2.21. The monoisotopic (exact) mass is 457 g/mol. The highest BCUT2D eigenvalue weighted by atomic mass is 19.1. The molecule has 0 saturated carbocycles. The molecule has 2 heterocycles. The molecular formula is C24H25F2N3O4. The number of aromatic nitrogens is 1. The van der Waals surface area contributed by atoms with Crippen molar-refractivity contribution in [1.82, 2.24) is 15.2 Å². The molecule has 33 heavy (non-hydrogen) atoms. The number of fused-ring (bicyclic) bond motifs is 1. The largest absolute Gasteiger partial charge is 0.454 e. The molecule has 1 N–H and O–H groups in total. The average Bonchev–Trinajstić information content (AvgIpc) is 3.44. The Bertz CT molecular complexity index is 1130. The van der Waals surface area contributed by atoms with Gasteiger partial charge in [-0.3, -0.25) is 9.69 Å². The van der Waals surface area contributed by atoms with Crippen molar-refractivity contribution >= 4 is 5.91 Å². The van der Waals surface area contributed by atoms with Crippen LogP contribution in [0.2, 0.25) is 0 Å². The van der Waals surface area contributed by atoms with E-state index in [4.69, 9.17) is 13.9 Å². The van der Waals surface area contributed by atoms with Crippen molar-refractivity contribution < 1.29 is 27.5 Å². The molecule has 2 aromatic carbocycles. The zero-order valence-electron chi connectivity index (χ0n) is 18.4. The second kappa shape index (κ2) is 9.99. The first-order valence-electron chi connectivity index (χ1n) is 10.7. The molecule has 0 saturated heterocycles. The van der Waals surface area contributed by atoms with E-state index in [-0.39, 0.29) is 37.5 Å². The highest BCUT2D eigenvalue weighted by Gasteiger charge is 2.19. The number of carbonyl (C=O) groups is 1. The molecule has 7 nitrogen and oxygen atoms in total. The number of halogens is 2. The summed E-state index contributed by atoms with van der Waals surface area (Å²) in [6.07, 6.45) is 2.10. The van der Waals surface area contributed by atoms with Crippen molar-refractivity contribution in [3.05, 3.63) is 77.0 Å². The molecule has 9 heteroatoms. The second-order valence-corrected chi connectivity index (χ2v) is 7.98. The van der Waals surface area contributed by atoms with Gasteiger partial charge in [-0.05, 0) is 37.1 Å². The highest BCUT2D eigenvalue weighted by Crippen LogP contribution is 2.33. The van der Waals surface area contributed by atoms with Crippen LogP contribution in [-0.4, -0.2) is 28.6 Å². The molecule has 174 valence electrons. The Morgan fingerprint density at radius 2 is 1.94 bits per heavy atom. The molecule has 0 aliphatic carbocycles. The van der Waals surface area contributed by atoms with Crippen molar-refractivity contribution in [2.75, 3.05) is 6.79 Å². The number of nitrogens with zero attached hydrogens (tertiary/aromatic N) is 2. The minimum atomic E-state index is -0.636. The molecule has 0 fully saturated rings. The summed E-state index contributed by atoms with van der Waals surface area (Å²) in [6.45, 7) is 4.84. The molecular weight excluding hydrogens is 432 g/mol. The van der Waals surface area contributed by atoms with Gasteiger partial charge < -0.3 is 19.2 Å². The van der Waals surface area contributed by atoms with Gasteiger partial charge >= 0.3 is 0 Å². The summed E-state index contributed by atoms with van der Waals surface area (Å²) < 4.78 is 44.0. The summed E-state index contributed by atoms with van der Waals surface area (Å²) in [6, 6.07) is 9.07.